The minimum atomic E-state index is -1.29. The van der Waals surface area contributed by atoms with E-state index < -0.39 is 29.9 Å². The third kappa shape index (κ3) is 3.97. The van der Waals surface area contributed by atoms with Crippen LogP contribution in [-0.4, -0.2) is 51.9 Å². The molecule has 2 aliphatic heterocycles. The molecular formula is C23H27ClO5S. The van der Waals surface area contributed by atoms with Crippen molar-refractivity contribution in [1.29, 1.82) is 0 Å². The van der Waals surface area contributed by atoms with Gasteiger partial charge < -0.3 is 24.8 Å². The lowest BCUT2D eigenvalue weighted by atomic mass is 9.88. The average molecular weight is 451 g/mol. The van der Waals surface area contributed by atoms with Crippen molar-refractivity contribution in [3.05, 3.63) is 63.2 Å². The summed E-state index contributed by atoms with van der Waals surface area (Å²) in [6.07, 6.45) is -0.396. The quantitative estimate of drug-likeness (QED) is 0.648. The van der Waals surface area contributed by atoms with Gasteiger partial charge in [0.05, 0.1) is 11.6 Å². The number of halogens is 1. The second-order valence-corrected chi connectivity index (χ2v) is 9.14. The molecule has 0 saturated carbocycles. The molecule has 0 unspecified atom stereocenters. The summed E-state index contributed by atoms with van der Waals surface area (Å²) in [5.74, 6) is 0.631. The summed E-state index contributed by atoms with van der Waals surface area (Å²) < 4.78 is 11.8. The minimum absolute atomic E-state index is 0.511. The van der Waals surface area contributed by atoms with Gasteiger partial charge in [0.15, 0.2) is 0 Å². The van der Waals surface area contributed by atoms with Crippen LogP contribution in [0.5, 0.6) is 5.75 Å². The van der Waals surface area contributed by atoms with Gasteiger partial charge in [0.2, 0.25) is 0 Å². The van der Waals surface area contributed by atoms with E-state index in [2.05, 4.69) is 31.2 Å². The van der Waals surface area contributed by atoms with Crippen molar-refractivity contribution in [2.24, 2.45) is 0 Å². The number of benzene rings is 2. The zero-order valence-corrected chi connectivity index (χ0v) is 18.6. The first-order valence-electron chi connectivity index (χ1n) is 10.2. The molecular weight excluding hydrogens is 424 g/mol. The van der Waals surface area contributed by atoms with Crippen LogP contribution in [0.15, 0.2) is 30.3 Å². The Morgan fingerprint density at radius 3 is 2.43 bits per heavy atom. The molecule has 5 atom stereocenters. The molecule has 1 fully saturated rings. The number of aliphatic hydroxyl groups is 3. The first kappa shape index (κ1) is 21.9. The van der Waals surface area contributed by atoms with Gasteiger partial charge >= 0.3 is 0 Å². The molecule has 1 saturated heterocycles. The second-order valence-electron chi connectivity index (χ2n) is 7.82. The van der Waals surface area contributed by atoms with Crippen LogP contribution in [0.2, 0.25) is 5.02 Å². The van der Waals surface area contributed by atoms with E-state index in [1.165, 1.54) is 17.3 Å². The summed E-state index contributed by atoms with van der Waals surface area (Å²) in [6, 6.07) is 10.4. The zero-order valence-electron chi connectivity index (χ0n) is 17.0. The normalized spacial score (nSPS) is 28.3. The molecule has 30 heavy (non-hydrogen) atoms. The van der Waals surface area contributed by atoms with Gasteiger partial charge in [0, 0.05) is 12.0 Å². The first-order valence-corrected chi connectivity index (χ1v) is 11.9. The van der Waals surface area contributed by atoms with Crippen molar-refractivity contribution < 1.29 is 24.8 Å². The van der Waals surface area contributed by atoms with Crippen LogP contribution in [0.1, 0.15) is 40.8 Å². The van der Waals surface area contributed by atoms with E-state index in [1.54, 1.807) is 6.26 Å². The van der Waals surface area contributed by atoms with Crippen LogP contribution < -0.4 is 4.74 Å². The molecule has 2 heterocycles. The van der Waals surface area contributed by atoms with E-state index in [0.29, 0.717) is 30.2 Å². The summed E-state index contributed by atoms with van der Waals surface area (Å²) in [7, 11) is 0. The molecule has 3 N–H and O–H groups in total. The van der Waals surface area contributed by atoms with Crippen molar-refractivity contribution in [3.63, 3.8) is 0 Å². The Kier molecular flexibility index (Phi) is 6.63. The Hall–Kier alpha value is -1.28. The van der Waals surface area contributed by atoms with Crippen molar-refractivity contribution in [1.82, 2.24) is 0 Å². The number of fused-ring (bicyclic) bond motifs is 1. The molecule has 0 aromatic heterocycles. The lowest BCUT2D eigenvalue weighted by Crippen LogP contribution is -2.53. The largest absolute Gasteiger partial charge is 0.491 e. The molecule has 0 bridgehead atoms. The van der Waals surface area contributed by atoms with Gasteiger partial charge in [-0.1, -0.05) is 48.9 Å². The third-order valence-electron chi connectivity index (χ3n) is 5.97. The number of hydrogen-bond donors (Lipinski definition) is 3. The number of aliphatic hydroxyl groups excluding tert-OH is 3. The fourth-order valence-corrected chi connectivity index (χ4v) is 5.17. The highest BCUT2D eigenvalue weighted by Gasteiger charge is 2.45. The van der Waals surface area contributed by atoms with E-state index >= 15 is 0 Å². The SMILES string of the molecule is CCc1ccc(Cc2cc([C@@H]3O[C@H](SC)[C@@H](O)[C@H](O)[C@H]3O)c3c(c2Cl)OCC3)cc1. The highest BCUT2D eigenvalue weighted by atomic mass is 35.5. The number of thioether (sulfide) groups is 1. The van der Waals surface area contributed by atoms with Crippen LogP contribution >= 0.6 is 23.4 Å². The number of rotatable bonds is 5. The maximum atomic E-state index is 10.7. The fraction of sp³-hybridized carbons (Fsp3) is 0.478. The topological polar surface area (TPSA) is 79.2 Å². The van der Waals surface area contributed by atoms with E-state index in [9.17, 15) is 15.3 Å². The van der Waals surface area contributed by atoms with Gasteiger partial charge in [-0.15, -0.1) is 11.8 Å². The third-order valence-corrected chi connectivity index (χ3v) is 7.24. The number of hydrogen-bond acceptors (Lipinski definition) is 6. The smallest absolute Gasteiger partial charge is 0.141 e. The molecule has 2 aromatic carbocycles. The number of ether oxygens (including phenoxy) is 2. The summed E-state index contributed by atoms with van der Waals surface area (Å²) in [5.41, 5.74) is 4.32. The van der Waals surface area contributed by atoms with Gasteiger partial charge in [-0.05, 0) is 41.4 Å². The maximum Gasteiger partial charge on any atom is 0.141 e. The monoisotopic (exact) mass is 450 g/mol. The molecule has 7 heteroatoms. The summed E-state index contributed by atoms with van der Waals surface area (Å²) in [5, 5.41) is 31.9. The van der Waals surface area contributed by atoms with Crippen molar-refractivity contribution in [2.45, 2.75) is 56.0 Å². The van der Waals surface area contributed by atoms with Crippen LogP contribution in [0.25, 0.3) is 0 Å². The van der Waals surface area contributed by atoms with E-state index in [4.69, 9.17) is 21.1 Å². The summed E-state index contributed by atoms with van der Waals surface area (Å²) in [6.45, 7) is 2.63. The highest BCUT2D eigenvalue weighted by Crippen LogP contribution is 2.45. The summed E-state index contributed by atoms with van der Waals surface area (Å²) in [4.78, 5) is 0. The Labute approximate surface area is 186 Å². The predicted molar refractivity (Wildman–Crippen MR) is 118 cm³/mol. The Balaban J connectivity index is 1.73. The van der Waals surface area contributed by atoms with Crippen molar-refractivity contribution >= 4 is 23.4 Å². The average Bonchev–Trinajstić information content (AvgIpc) is 3.26. The molecule has 5 nitrogen and oxygen atoms in total. The van der Waals surface area contributed by atoms with Gasteiger partial charge in [0.25, 0.3) is 0 Å². The molecule has 0 aliphatic carbocycles. The van der Waals surface area contributed by atoms with Gasteiger partial charge in [-0.2, -0.15) is 0 Å². The lowest BCUT2D eigenvalue weighted by molar-refractivity contribution is -0.200. The predicted octanol–water partition coefficient (Wildman–Crippen LogP) is 3.27. The van der Waals surface area contributed by atoms with Crippen LogP contribution in [0.3, 0.4) is 0 Å². The van der Waals surface area contributed by atoms with Crippen LogP contribution in [0, 0.1) is 0 Å². The zero-order chi connectivity index (χ0) is 21.4. The Morgan fingerprint density at radius 1 is 1.07 bits per heavy atom. The van der Waals surface area contributed by atoms with Crippen molar-refractivity contribution in [2.75, 3.05) is 12.9 Å². The van der Waals surface area contributed by atoms with E-state index in [0.717, 1.165) is 28.7 Å². The van der Waals surface area contributed by atoms with Gasteiger partial charge in [-0.3, -0.25) is 0 Å². The van der Waals surface area contributed by atoms with E-state index in [1.807, 2.05) is 6.07 Å². The first-order chi connectivity index (χ1) is 14.4. The van der Waals surface area contributed by atoms with Crippen molar-refractivity contribution in [3.8, 4) is 5.75 Å². The van der Waals surface area contributed by atoms with Crippen LogP contribution in [-0.2, 0) is 24.0 Å². The maximum absolute atomic E-state index is 10.7. The molecule has 0 amide bonds. The van der Waals surface area contributed by atoms with Gasteiger partial charge in [-0.25, -0.2) is 0 Å². The van der Waals surface area contributed by atoms with Gasteiger partial charge in [0.1, 0.15) is 35.6 Å². The molecule has 2 aliphatic rings. The number of aryl methyl sites for hydroxylation is 1. The minimum Gasteiger partial charge on any atom is -0.491 e. The van der Waals surface area contributed by atoms with E-state index in [-0.39, 0.29) is 0 Å². The molecule has 4 rings (SSSR count). The molecule has 162 valence electrons. The Bertz CT molecular complexity index is 901. The standard InChI is InChI=1S/C23H27ClO5S/c1-3-12-4-6-13(7-5-12)10-14-11-16(15-8-9-28-21(15)17(14)24)22-19(26)18(25)20(27)23(29-22)30-2/h4-7,11,18-20,22-23,25-27H,3,8-10H2,1-2H3/t18-,19-,20+,22+,23-/m1/s1. The highest BCUT2D eigenvalue weighted by molar-refractivity contribution is 7.99. The van der Waals surface area contributed by atoms with Crippen LogP contribution in [0.4, 0.5) is 0 Å². The Morgan fingerprint density at radius 2 is 1.77 bits per heavy atom. The summed E-state index contributed by atoms with van der Waals surface area (Å²) >= 11 is 8.00. The lowest BCUT2D eigenvalue weighted by Gasteiger charge is -2.40. The molecule has 2 aromatic rings. The molecule has 0 spiro atoms. The molecule has 0 radical (unpaired) electrons. The fourth-order valence-electron chi connectivity index (χ4n) is 4.21. The second kappa shape index (κ2) is 9.07.